The molecule has 0 saturated carbocycles. The SMILES string of the molecule is CC[NH+](Cc1ccc(OC)c(F)c1)[C@@H](C)C(=O)Nc1cc(Cl)ccc1Cl. The summed E-state index contributed by atoms with van der Waals surface area (Å²) in [6.07, 6.45) is 0. The third kappa shape index (κ3) is 5.10. The van der Waals surface area contributed by atoms with Gasteiger partial charge in [-0.25, -0.2) is 4.39 Å². The molecule has 0 heterocycles. The smallest absolute Gasteiger partial charge is 0.282 e. The summed E-state index contributed by atoms with van der Waals surface area (Å²) >= 11 is 12.1. The van der Waals surface area contributed by atoms with Crippen LogP contribution in [-0.2, 0) is 11.3 Å². The standard InChI is InChI=1S/C19H21Cl2FN2O2/c1-4-24(11-13-5-8-18(26-3)16(22)9-13)12(2)19(25)23-17-10-14(20)6-7-15(17)21/h5-10,12H,4,11H2,1-3H3,(H,23,25)/p+1/t12-/m0/s1. The lowest BCUT2D eigenvalue weighted by atomic mass is 10.1. The maximum atomic E-state index is 13.9. The molecular formula is C19H22Cl2FN2O2+. The van der Waals surface area contributed by atoms with E-state index in [9.17, 15) is 9.18 Å². The zero-order chi connectivity index (χ0) is 19.3. The number of methoxy groups -OCH3 is 1. The van der Waals surface area contributed by atoms with Crippen molar-refractivity contribution >= 4 is 34.8 Å². The van der Waals surface area contributed by atoms with E-state index in [0.29, 0.717) is 28.8 Å². The van der Waals surface area contributed by atoms with Gasteiger partial charge in [0.25, 0.3) is 5.91 Å². The average molecular weight is 400 g/mol. The van der Waals surface area contributed by atoms with Gasteiger partial charge in [-0.3, -0.25) is 4.79 Å². The number of carbonyl (C=O) groups excluding carboxylic acids is 1. The second kappa shape index (κ2) is 9.21. The normalized spacial score (nSPS) is 13.2. The van der Waals surface area contributed by atoms with E-state index in [4.69, 9.17) is 27.9 Å². The van der Waals surface area contributed by atoms with Crippen LogP contribution in [0.15, 0.2) is 36.4 Å². The largest absolute Gasteiger partial charge is 0.494 e. The molecule has 2 aromatic carbocycles. The van der Waals surface area contributed by atoms with Gasteiger partial charge in [-0.1, -0.05) is 23.2 Å². The van der Waals surface area contributed by atoms with Gasteiger partial charge in [0.1, 0.15) is 6.54 Å². The van der Waals surface area contributed by atoms with E-state index >= 15 is 0 Å². The number of halogens is 3. The molecule has 4 nitrogen and oxygen atoms in total. The molecule has 0 radical (unpaired) electrons. The molecule has 0 aliphatic rings. The van der Waals surface area contributed by atoms with Gasteiger partial charge in [-0.05, 0) is 50.2 Å². The quantitative estimate of drug-likeness (QED) is 0.746. The Morgan fingerprint density at radius 2 is 2.00 bits per heavy atom. The molecule has 0 spiro atoms. The summed E-state index contributed by atoms with van der Waals surface area (Å²) in [6.45, 7) is 5.01. The maximum Gasteiger partial charge on any atom is 0.282 e. The minimum Gasteiger partial charge on any atom is -0.494 e. The molecule has 0 saturated heterocycles. The lowest BCUT2D eigenvalue weighted by Crippen LogP contribution is -3.15. The van der Waals surface area contributed by atoms with Gasteiger partial charge in [0.2, 0.25) is 0 Å². The molecule has 7 heteroatoms. The molecular weight excluding hydrogens is 378 g/mol. The first-order valence-corrected chi connectivity index (χ1v) is 9.04. The third-order valence-corrected chi connectivity index (χ3v) is 4.86. The minimum atomic E-state index is -0.414. The Hall–Kier alpha value is -1.82. The van der Waals surface area contributed by atoms with E-state index < -0.39 is 5.82 Å². The molecule has 1 unspecified atom stereocenters. The molecule has 0 fully saturated rings. The van der Waals surface area contributed by atoms with Crippen molar-refractivity contribution in [2.75, 3.05) is 19.0 Å². The highest BCUT2D eigenvalue weighted by atomic mass is 35.5. The van der Waals surface area contributed by atoms with E-state index in [2.05, 4.69) is 5.32 Å². The van der Waals surface area contributed by atoms with E-state index in [1.165, 1.54) is 13.2 Å². The molecule has 1 amide bonds. The fraction of sp³-hybridized carbons (Fsp3) is 0.316. The van der Waals surface area contributed by atoms with Gasteiger partial charge >= 0.3 is 0 Å². The van der Waals surface area contributed by atoms with Gasteiger partial charge < -0.3 is 15.0 Å². The van der Waals surface area contributed by atoms with Crippen molar-refractivity contribution in [3.05, 3.63) is 57.8 Å². The number of amides is 1. The van der Waals surface area contributed by atoms with E-state index in [1.807, 2.05) is 13.8 Å². The van der Waals surface area contributed by atoms with Crippen LogP contribution in [0.3, 0.4) is 0 Å². The van der Waals surface area contributed by atoms with Gasteiger partial charge in [-0.2, -0.15) is 0 Å². The molecule has 2 rings (SSSR count). The van der Waals surface area contributed by atoms with Crippen molar-refractivity contribution in [3.8, 4) is 5.75 Å². The third-order valence-electron chi connectivity index (χ3n) is 4.29. The number of nitrogens with one attached hydrogen (secondary N) is 2. The van der Waals surface area contributed by atoms with Gasteiger partial charge in [-0.15, -0.1) is 0 Å². The fourth-order valence-electron chi connectivity index (χ4n) is 2.69. The van der Waals surface area contributed by atoms with Crippen molar-refractivity contribution in [2.45, 2.75) is 26.4 Å². The predicted octanol–water partition coefficient (Wildman–Crippen LogP) is 3.57. The molecule has 2 aromatic rings. The van der Waals surface area contributed by atoms with Crippen molar-refractivity contribution in [2.24, 2.45) is 0 Å². The summed E-state index contributed by atoms with van der Waals surface area (Å²) in [5.41, 5.74) is 1.27. The number of quaternary nitrogens is 1. The summed E-state index contributed by atoms with van der Waals surface area (Å²) < 4.78 is 18.8. The van der Waals surface area contributed by atoms with Crippen LogP contribution in [0, 0.1) is 5.82 Å². The second-order valence-corrected chi connectivity index (χ2v) is 6.84. The van der Waals surface area contributed by atoms with Crippen LogP contribution in [0.2, 0.25) is 10.0 Å². The lowest BCUT2D eigenvalue weighted by Gasteiger charge is -2.24. The fourth-order valence-corrected chi connectivity index (χ4v) is 3.02. The van der Waals surface area contributed by atoms with Crippen LogP contribution in [-0.4, -0.2) is 25.6 Å². The summed E-state index contributed by atoms with van der Waals surface area (Å²) in [4.78, 5) is 13.6. The number of hydrogen-bond donors (Lipinski definition) is 2. The molecule has 0 aliphatic heterocycles. The minimum absolute atomic E-state index is 0.181. The van der Waals surface area contributed by atoms with Crippen LogP contribution in [0.25, 0.3) is 0 Å². The van der Waals surface area contributed by atoms with Crippen LogP contribution in [0.1, 0.15) is 19.4 Å². The number of hydrogen-bond acceptors (Lipinski definition) is 2. The van der Waals surface area contributed by atoms with Crippen molar-refractivity contribution in [1.82, 2.24) is 0 Å². The van der Waals surface area contributed by atoms with Gasteiger partial charge in [0.15, 0.2) is 17.6 Å². The number of carbonyl (C=O) groups is 1. The Balaban J connectivity index is 2.09. The summed E-state index contributed by atoms with van der Waals surface area (Å²) in [5, 5.41) is 3.72. The topological polar surface area (TPSA) is 42.8 Å². The number of rotatable bonds is 7. The van der Waals surface area contributed by atoms with Crippen molar-refractivity contribution in [3.63, 3.8) is 0 Å². The highest BCUT2D eigenvalue weighted by molar-refractivity contribution is 6.35. The highest BCUT2D eigenvalue weighted by Gasteiger charge is 2.25. The van der Waals surface area contributed by atoms with Crippen molar-refractivity contribution < 1.29 is 18.8 Å². The lowest BCUT2D eigenvalue weighted by molar-refractivity contribution is -0.925. The van der Waals surface area contributed by atoms with E-state index in [-0.39, 0.29) is 17.7 Å². The van der Waals surface area contributed by atoms with Crippen LogP contribution < -0.4 is 15.0 Å². The Morgan fingerprint density at radius 3 is 2.62 bits per heavy atom. The number of anilines is 1. The predicted molar refractivity (Wildman–Crippen MR) is 103 cm³/mol. The first-order chi connectivity index (χ1) is 12.3. The zero-order valence-corrected chi connectivity index (χ0v) is 16.4. The van der Waals surface area contributed by atoms with Crippen molar-refractivity contribution in [1.29, 1.82) is 0 Å². The average Bonchev–Trinajstić information content (AvgIpc) is 2.62. The summed E-state index contributed by atoms with van der Waals surface area (Å²) in [7, 11) is 1.43. The van der Waals surface area contributed by atoms with Gasteiger partial charge in [0.05, 0.1) is 24.4 Å². The summed E-state index contributed by atoms with van der Waals surface area (Å²) in [5.74, 6) is -0.392. The first-order valence-electron chi connectivity index (χ1n) is 8.28. The Labute approximate surface area is 162 Å². The molecule has 2 N–H and O–H groups in total. The molecule has 0 aromatic heterocycles. The van der Waals surface area contributed by atoms with Gasteiger partial charge in [0, 0.05) is 10.6 Å². The monoisotopic (exact) mass is 399 g/mol. The van der Waals surface area contributed by atoms with Crippen LogP contribution in [0.5, 0.6) is 5.75 Å². The molecule has 0 bridgehead atoms. The molecule has 140 valence electrons. The number of ether oxygens (including phenoxy) is 1. The second-order valence-electron chi connectivity index (χ2n) is 5.99. The maximum absolute atomic E-state index is 13.9. The summed E-state index contributed by atoms with van der Waals surface area (Å²) in [6, 6.07) is 9.37. The number of benzene rings is 2. The van der Waals surface area contributed by atoms with E-state index in [0.717, 1.165) is 10.5 Å². The van der Waals surface area contributed by atoms with Crippen LogP contribution >= 0.6 is 23.2 Å². The zero-order valence-electron chi connectivity index (χ0n) is 14.9. The highest BCUT2D eigenvalue weighted by Crippen LogP contribution is 2.25. The van der Waals surface area contributed by atoms with Crippen LogP contribution in [0.4, 0.5) is 10.1 Å². The first kappa shape index (κ1) is 20.5. The molecule has 26 heavy (non-hydrogen) atoms. The molecule has 0 aliphatic carbocycles. The Kier molecular flexibility index (Phi) is 7.26. The van der Waals surface area contributed by atoms with E-state index in [1.54, 1.807) is 30.3 Å². The Bertz CT molecular complexity index is 786. The number of likely N-dealkylation sites (N-methyl/N-ethyl adjacent to an activating group) is 1. The molecule has 2 atom stereocenters. The Morgan fingerprint density at radius 1 is 1.27 bits per heavy atom.